The van der Waals surface area contributed by atoms with Gasteiger partial charge in [-0.05, 0) is 63.2 Å². The molecule has 146 valence electrons. The Bertz CT molecular complexity index is 764. The van der Waals surface area contributed by atoms with Crippen molar-refractivity contribution in [2.75, 3.05) is 20.1 Å². The summed E-state index contributed by atoms with van der Waals surface area (Å²) in [7, 11) is -2.08. The molecule has 2 atom stereocenters. The maximum Gasteiger partial charge on any atom is 0.244 e. The predicted molar refractivity (Wildman–Crippen MR) is 108 cm³/mol. The van der Waals surface area contributed by atoms with Gasteiger partial charge in [0.15, 0.2) is 0 Å². The number of piperidine rings is 1. The zero-order chi connectivity index (χ0) is 19.1. The lowest BCUT2D eigenvalue weighted by molar-refractivity contribution is 0.136. The molecule has 1 saturated heterocycles. The second-order valence-corrected chi connectivity index (χ2v) is 10.7. The number of likely N-dealkylation sites (tertiary alicyclic amines) is 1. The fourth-order valence-electron chi connectivity index (χ4n) is 4.04. The minimum atomic E-state index is -3.72. The van der Waals surface area contributed by atoms with Crippen LogP contribution < -0.4 is 0 Å². The highest BCUT2D eigenvalue weighted by Crippen LogP contribution is 2.36. The zero-order valence-electron chi connectivity index (χ0n) is 15.1. The SMILES string of the molecule is CC1CCN([C@H]2CC[C@@H](N(C)S(=O)(=O)c3cc(Cl)c(Cl)cc3Cl)C2)CC1. The van der Waals surface area contributed by atoms with E-state index < -0.39 is 10.0 Å². The predicted octanol–water partition coefficient (Wildman–Crippen LogP) is 4.92. The van der Waals surface area contributed by atoms with Crippen molar-refractivity contribution in [2.45, 2.75) is 56.0 Å². The zero-order valence-corrected chi connectivity index (χ0v) is 18.2. The number of hydrogen-bond acceptors (Lipinski definition) is 3. The number of hydrogen-bond donors (Lipinski definition) is 0. The lowest BCUT2D eigenvalue weighted by Crippen LogP contribution is -2.41. The number of halogens is 3. The molecule has 4 nitrogen and oxygen atoms in total. The molecular formula is C18H25Cl3N2O2S. The van der Waals surface area contributed by atoms with Gasteiger partial charge in [-0.3, -0.25) is 0 Å². The first kappa shape index (κ1) is 20.7. The molecule has 0 bridgehead atoms. The van der Waals surface area contributed by atoms with Crippen LogP contribution in [0.4, 0.5) is 0 Å². The topological polar surface area (TPSA) is 40.6 Å². The first-order chi connectivity index (χ1) is 12.2. The molecule has 1 aliphatic heterocycles. The van der Waals surface area contributed by atoms with Crippen LogP contribution in [0.5, 0.6) is 0 Å². The van der Waals surface area contributed by atoms with Crippen molar-refractivity contribution in [3.8, 4) is 0 Å². The minimum Gasteiger partial charge on any atom is -0.300 e. The van der Waals surface area contributed by atoms with Gasteiger partial charge in [-0.25, -0.2) is 8.42 Å². The van der Waals surface area contributed by atoms with E-state index in [1.807, 2.05) is 0 Å². The van der Waals surface area contributed by atoms with Crippen molar-refractivity contribution in [1.82, 2.24) is 9.21 Å². The smallest absolute Gasteiger partial charge is 0.244 e. The van der Waals surface area contributed by atoms with E-state index in [9.17, 15) is 8.42 Å². The molecule has 0 spiro atoms. The third kappa shape index (κ3) is 4.18. The van der Waals surface area contributed by atoms with E-state index >= 15 is 0 Å². The molecule has 0 radical (unpaired) electrons. The van der Waals surface area contributed by atoms with Gasteiger partial charge in [0.2, 0.25) is 10.0 Å². The molecule has 1 aromatic carbocycles. The van der Waals surface area contributed by atoms with E-state index in [0.717, 1.165) is 38.3 Å². The fraction of sp³-hybridized carbons (Fsp3) is 0.667. The third-order valence-corrected chi connectivity index (χ3v) is 8.95. The first-order valence-electron chi connectivity index (χ1n) is 9.06. The van der Waals surface area contributed by atoms with Crippen LogP contribution in [-0.2, 0) is 10.0 Å². The Morgan fingerprint density at radius 2 is 1.62 bits per heavy atom. The average Bonchev–Trinajstić information content (AvgIpc) is 3.07. The van der Waals surface area contributed by atoms with Gasteiger partial charge in [0.25, 0.3) is 0 Å². The Kier molecular flexibility index (Phi) is 6.48. The first-order valence-corrected chi connectivity index (χ1v) is 11.6. The second kappa shape index (κ2) is 8.14. The van der Waals surface area contributed by atoms with Crippen LogP contribution >= 0.6 is 34.8 Å². The summed E-state index contributed by atoms with van der Waals surface area (Å²) in [5.41, 5.74) is 0. The molecule has 1 heterocycles. The van der Waals surface area contributed by atoms with E-state index in [2.05, 4.69) is 11.8 Å². The molecule has 0 aromatic heterocycles. The van der Waals surface area contributed by atoms with Crippen molar-refractivity contribution in [3.63, 3.8) is 0 Å². The van der Waals surface area contributed by atoms with Crippen LogP contribution in [0, 0.1) is 5.92 Å². The summed E-state index contributed by atoms with van der Waals surface area (Å²) >= 11 is 18.1. The van der Waals surface area contributed by atoms with Crippen LogP contribution in [0.1, 0.15) is 39.0 Å². The molecule has 2 aliphatic rings. The quantitative estimate of drug-likeness (QED) is 0.625. The van der Waals surface area contributed by atoms with Crippen LogP contribution in [0.25, 0.3) is 0 Å². The molecular weight excluding hydrogens is 415 g/mol. The van der Waals surface area contributed by atoms with E-state index in [-0.39, 0.29) is 26.0 Å². The Labute approximate surface area is 171 Å². The number of benzene rings is 1. The average molecular weight is 440 g/mol. The van der Waals surface area contributed by atoms with E-state index in [1.54, 1.807) is 7.05 Å². The third-order valence-electron chi connectivity index (χ3n) is 5.86. The molecule has 3 rings (SSSR count). The largest absolute Gasteiger partial charge is 0.300 e. The number of nitrogens with zero attached hydrogens (tertiary/aromatic N) is 2. The second-order valence-electron chi connectivity index (χ2n) is 7.56. The summed E-state index contributed by atoms with van der Waals surface area (Å²) in [6, 6.07) is 3.18. The van der Waals surface area contributed by atoms with Gasteiger partial charge in [0, 0.05) is 19.1 Å². The van der Waals surface area contributed by atoms with Crippen LogP contribution in [0.15, 0.2) is 17.0 Å². The molecule has 0 amide bonds. The Morgan fingerprint density at radius 3 is 2.27 bits per heavy atom. The highest BCUT2D eigenvalue weighted by molar-refractivity contribution is 7.89. The fourth-order valence-corrected chi connectivity index (χ4v) is 6.41. The number of sulfonamides is 1. The Hall–Kier alpha value is -0.0400. The van der Waals surface area contributed by atoms with Crippen LogP contribution in [0.3, 0.4) is 0 Å². The highest BCUT2D eigenvalue weighted by Gasteiger charge is 2.37. The van der Waals surface area contributed by atoms with Crippen LogP contribution in [-0.4, -0.2) is 49.8 Å². The lowest BCUT2D eigenvalue weighted by Gasteiger charge is -2.35. The Balaban J connectivity index is 1.73. The Morgan fingerprint density at radius 1 is 1.00 bits per heavy atom. The van der Waals surface area contributed by atoms with E-state index in [4.69, 9.17) is 34.8 Å². The summed E-state index contributed by atoms with van der Waals surface area (Å²) in [5, 5.41) is 0.541. The molecule has 8 heteroatoms. The molecule has 1 saturated carbocycles. The highest BCUT2D eigenvalue weighted by atomic mass is 35.5. The minimum absolute atomic E-state index is 0.0186. The van der Waals surface area contributed by atoms with Gasteiger partial charge < -0.3 is 4.90 Å². The molecule has 26 heavy (non-hydrogen) atoms. The molecule has 1 aromatic rings. The van der Waals surface area contributed by atoms with Crippen molar-refractivity contribution >= 4 is 44.8 Å². The molecule has 0 unspecified atom stereocenters. The molecule has 0 N–H and O–H groups in total. The van der Waals surface area contributed by atoms with Gasteiger partial charge in [-0.2, -0.15) is 4.31 Å². The molecule has 2 fully saturated rings. The summed E-state index contributed by atoms with van der Waals surface area (Å²) in [4.78, 5) is 2.55. The van der Waals surface area contributed by atoms with Crippen LogP contribution in [0.2, 0.25) is 15.1 Å². The summed E-state index contributed by atoms with van der Waals surface area (Å²) in [6.45, 7) is 4.54. The van der Waals surface area contributed by atoms with Gasteiger partial charge in [-0.1, -0.05) is 41.7 Å². The van der Waals surface area contributed by atoms with Gasteiger partial charge in [0.1, 0.15) is 4.90 Å². The standard InChI is InChI=1S/C18H25Cl3N2O2S/c1-12-5-7-23(8-6-12)14-4-3-13(9-14)22(2)26(24,25)18-11-16(20)15(19)10-17(18)21/h10-14H,3-9H2,1-2H3/t13-,14+/m1/s1. The van der Waals surface area contributed by atoms with Crippen molar-refractivity contribution in [1.29, 1.82) is 0 Å². The van der Waals surface area contributed by atoms with Gasteiger partial charge in [-0.15, -0.1) is 0 Å². The maximum atomic E-state index is 13.1. The summed E-state index contributed by atoms with van der Waals surface area (Å²) in [5.74, 6) is 0.795. The van der Waals surface area contributed by atoms with Crippen molar-refractivity contribution in [3.05, 3.63) is 27.2 Å². The molecule has 1 aliphatic carbocycles. The summed E-state index contributed by atoms with van der Waals surface area (Å²) < 4.78 is 27.6. The van der Waals surface area contributed by atoms with E-state index in [1.165, 1.54) is 29.3 Å². The van der Waals surface area contributed by atoms with E-state index in [0.29, 0.717) is 6.04 Å². The monoisotopic (exact) mass is 438 g/mol. The van der Waals surface area contributed by atoms with Gasteiger partial charge >= 0.3 is 0 Å². The number of rotatable bonds is 4. The normalized spacial score (nSPS) is 25.9. The lowest BCUT2D eigenvalue weighted by atomic mass is 9.97. The van der Waals surface area contributed by atoms with Gasteiger partial charge in [0.05, 0.1) is 15.1 Å². The van der Waals surface area contributed by atoms with Crippen molar-refractivity contribution < 1.29 is 8.42 Å². The summed E-state index contributed by atoms with van der Waals surface area (Å²) in [6.07, 6.45) is 5.23. The maximum absolute atomic E-state index is 13.1. The van der Waals surface area contributed by atoms with Crippen molar-refractivity contribution in [2.24, 2.45) is 5.92 Å².